The number of fused-ring (bicyclic) bond motifs is 1. The number of carbonyl (C=O) groups is 1. The minimum Gasteiger partial charge on any atom is -0.396 e. The smallest absolute Gasteiger partial charge is 0.262 e. The van der Waals surface area contributed by atoms with Crippen LogP contribution in [0.2, 0.25) is 5.02 Å². The molecule has 6 nitrogen and oxygen atoms in total. The Labute approximate surface area is 171 Å². The first-order valence-electron chi connectivity index (χ1n) is 8.83. The summed E-state index contributed by atoms with van der Waals surface area (Å²) in [5, 5.41) is 13.5. The Morgan fingerprint density at radius 1 is 1.18 bits per heavy atom. The maximum atomic E-state index is 12.8. The highest BCUT2D eigenvalue weighted by atomic mass is 35.5. The van der Waals surface area contributed by atoms with Crippen LogP contribution in [0.1, 0.15) is 12.0 Å². The molecule has 0 unspecified atom stereocenters. The minimum absolute atomic E-state index is 0.0261. The largest absolute Gasteiger partial charge is 0.396 e. The normalized spacial score (nSPS) is 10.9. The zero-order valence-corrected chi connectivity index (χ0v) is 16.7. The fraction of sp³-hybridized carbons (Fsp3) is 0.250. The summed E-state index contributed by atoms with van der Waals surface area (Å²) in [4.78, 5) is 29.5. The van der Waals surface area contributed by atoms with Gasteiger partial charge in [-0.05, 0) is 30.2 Å². The lowest BCUT2D eigenvalue weighted by Gasteiger charge is -2.12. The Morgan fingerprint density at radius 2 is 1.93 bits per heavy atom. The van der Waals surface area contributed by atoms with Gasteiger partial charge in [-0.1, -0.05) is 53.7 Å². The van der Waals surface area contributed by atoms with Crippen molar-refractivity contribution in [3.8, 4) is 0 Å². The molecular weight excluding hydrogens is 398 g/mol. The molecule has 3 aromatic rings. The van der Waals surface area contributed by atoms with E-state index in [4.69, 9.17) is 16.7 Å². The first-order valence-corrected chi connectivity index (χ1v) is 10.2. The molecule has 146 valence electrons. The first kappa shape index (κ1) is 20.4. The highest BCUT2D eigenvalue weighted by molar-refractivity contribution is 7.99. The number of rotatable bonds is 8. The predicted molar refractivity (Wildman–Crippen MR) is 112 cm³/mol. The van der Waals surface area contributed by atoms with Crippen LogP contribution in [0.5, 0.6) is 0 Å². The standard InChI is InChI=1S/C20H20ClN3O3S/c21-16-8-3-1-6-14(16)12-22-18(26)13-28-20-23-17-9-4-2-7-15(17)19(27)24(20)10-5-11-25/h1-4,6-9,25H,5,10-13H2,(H,22,26). The number of thioether (sulfide) groups is 1. The van der Waals surface area contributed by atoms with E-state index in [0.717, 1.165) is 5.56 Å². The summed E-state index contributed by atoms with van der Waals surface area (Å²) in [6.45, 7) is 0.653. The summed E-state index contributed by atoms with van der Waals surface area (Å²) in [5.41, 5.74) is 1.26. The van der Waals surface area contributed by atoms with Crippen molar-refractivity contribution in [2.24, 2.45) is 0 Å². The molecule has 0 spiro atoms. The number of aliphatic hydroxyl groups excluding tert-OH is 1. The Hall–Kier alpha value is -2.35. The van der Waals surface area contributed by atoms with Crippen LogP contribution in [0.25, 0.3) is 10.9 Å². The van der Waals surface area contributed by atoms with Crippen molar-refractivity contribution in [2.75, 3.05) is 12.4 Å². The second kappa shape index (κ2) is 9.73. The van der Waals surface area contributed by atoms with Crippen LogP contribution in [0.15, 0.2) is 58.5 Å². The van der Waals surface area contributed by atoms with Gasteiger partial charge in [0.05, 0.1) is 16.7 Å². The number of benzene rings is 2. The minimum atomic E-state index is -0.180. The average molecular weight is 418 g/mol. The van der Waals surface area contributed by atoms with Crippen LogP contribution >= 0.6 is 23.4 Å². The third-order valence-electron chi connectivity index (χ3n) is 4.13. The van der Waals surface area contributed by atoms with E-state index in [1.54, 1.807) is 24.3 Å². The molecule has 8 heteroatoms. The molecule has 0 aliphatic rings. The van der Waals surface area contributed by atoms with Crippen LogP contribution in [-0.2, 0) is 17.9 Å². The van der Waals surface area contributed by atoms with Crippen molar-refractivity contribution in [3.05, 3.63) is 69.5 Å². The number of aromatic nitrogens is 2. The molecule has 0 saturated heterocycles. The zero-order valence-electron chi connectivity index (χ0n) is 15.1. The summed E-state index contributed by atoms with van der Waals surface area (Å²) in [7, 11) is 0. The van der Waals surface area contributed by atoms with Gasteiger partial charge in [-0.15, -0.1) is 0 Å². The van der Waals surface area contributed by atoms with Crippen molar-refractivity contribution in [1.82, 2.24) is 14.9 Å². The van der Waals surface area contributed by atoms with Gasteiger partial charge in [-0.25, -0.2) is 4.98 Å². The van der Waals surface area contributed by atoms with Gasteiger partial charge in [0.15, 0.2) is 5.16 Å². The molecular formula is C20H20ClN3O3S. The third-order valence-corrected chi connectivity index (χ3v) is 5.48. The Balaban J connectivity index is 1.73. The van der Waals surface area contributed by atoms with E-state index in [0.29, 0.717) is 40.6 Å². The van der Waals surface area contributed by atoms with Gasteiger partial charge in [0.2, 0.25) is 5.91 Å². The fourth-order valence-electron chi connectivity index (χ4n) is 2.70. The molecule has 2 N–H and O–H groups in total. The SMILES string of the molecule is O=C(CSc1nc2ccccc2c(=O)n1CCCO)NCc1ccccc1Cl. The molecule has 0 bridgehead atoms. The maximum absolute atomic E-state index is 12.8. The Morgan fingerprint density at radius 3 is 2.71 bits per heavy atom. The van der Waals surface area contributed by atoms with Gasteiger partial charge < -0.3 is 10.4 Å². The number of amides is 1. The summed E-state index contributed by atoms with van der Waals surface area (Å²) in [6.07, 6.45) is 0.437. The molecule has 3 rings (SSSR count). The van der Waals surface area contributed by atoms with E-state index in [1.165, 1.54) is 16.3 Å². The zero-order chi connectivity index (χ0) is 19.9. The van der Waals surface area contributed by atoms with E-state index in [1.807, 2.05) is 24.3 Å². The lowest BCUT2D eigenvalue weighted by Crippen LogP contribution is -2.27. The number of hydrogen-bond donors (Lipinski definition) is 2. The molecule has 2 aromatic carbocycles. The van der Waals surface area contributed by atoms with Crippen LogP contribution in [0, 0.1) is 0 Å². The van der Waals surface area contributed by atoms with Gasteiger partial charge in [0, 0.05) is 24.7 Å². The number of para-hydroxylation sites is 1. The van der Waals surface area contributed by atoms with Gasteiger partial charge >= 0.3 is 0 Å². The van der Waals surface area contributed by atoms with Crippen LogP contribution in [0.3, 0.4) is 0 Å². The summed E-state index contributed by atoms with van der Waals surface area (Å²) < 4.78 is 1.52. The maximum Gasteiger partial charge on any atom is 0.262 e. The number of aliphatic hydroxyl groups is 1. The van der Waals surface area contributed by atoms with E-state index in [-0.39, 0.29) is 23.8 Å². The molecule has 28 heavy (non-hydrogen) atoms. The summed E-state index contributed by atoms with van der Waals surface area (Å²) in [5.74, 6) is -0.0602. The third kappa shape index (κ3) is 4.92. The lowest BCUT2D eigenvalue weighted by molar-refractivity contribution is -0.118. The highest BCUT2D eigenvalue weighted by Gasteiger charge is 2.13. The molecule has 0 atom stereocenters. The second-order valence-corrected chi connectivity index (χ2v) is 7.45. The molecule has 1 amide bonds. The molecule has 0 aliphatic carbocycles. The van der Waals surface area contributed by atoms with Crippen LogP contribution in [-0.4, -0.2) is 32.9 Å². The molecule has 0 aliphatic heterocycles. The Bertz CT molecular complexity index is 1040. The summed E-state index contributed by atoms with van der Waals surface area (Å²) in [6, 6.07) is 14.4. The summed E-state index contributed by atoms with van der Waals surface area (Å²) >= 11 is 7.30. The second-order valence-electron chi connectivity index (χ2n) is 6.10. The topological polar surface area (TPSA) is 84.2 Å². The molecule has 0 saturated carbocycles. The van der Waals surface area contributed by atoms with E-state index in [2.05, 4.69) is 10.3 Å². The molecule has 1 aromatic heterocycles. The van der Waals surface area contributed by atoms with Crippen molar-refractivity contribution < 1.29 is 9.90 Å². The van der Waals surface area contributed by atoms with E-state index >= 15 is 0 Å². The van der Waals surface area contributed by atoms with E-state index < -0.39 is 0 Å². The average Bonchev–Trinajstić information content (AvgIpc) is 2.71. The molecule has 0 fully saturated rings. The number of halogens is 1. The van der Waals surface area contributed by atoms with Gasteiger partial charge in [0.25, 0.3) is 5.56 Å². The Kier molecular flexibility index (Phi) is 7.08. The predicted octanol–water partition coefficient (Wildman–Crippen LogP) is 2.84. The number of hydrogen-bond acceptors (Lipinski definition) is 5. The van der Waals surface area contributed by atoms with Gasteiger partial charge in [-0.2, -0.15) is 0 Å². The highest BCUT2D eigenvalue weighted by Crippen LogP contribution is 2.18. The van der Waals surface area contributed by atoms with Crippen molar-refractivity contribution in [1.29, 1.82) is 0 Å². The number of nitrogens with zero attached hydrogens (tertiary/aromatic N) is 2. The number of nitrogens with one attached hydrogen (secondary N) is 1. The van der Waals surface area contributed by atoms with Crippen molar-refractivity contribution in [3.63, 3.8) is 0 Å². The van der Waals surface area contributed by atoms with E-state index in [9.17, 15) is 9.59 Å². The monoisotopic (exact) mass is 417 g/mol. The quantitative estimate of drug-likeness (QED) is 0.435. The van der Waals surface area contributed by atoms with Gasteiger partial charge in [-0.3, -0.25) is 14.2 Å². The van der Waals surface area contributed by atoms with Crippen LogP contribution in [0.4, 0.5) is 0 Å². The van der Waals surface area contributed by atoms with Gasteiger partial charge in [0.1, 0.15) is 0 Å². The molecule has 0 radical (unpaired) electrons. The fourth-order valence-corrected chi connectivity index (χ4v) is 3.76. The van der Waals surface area contributed by atoms with Crippen molar-refractivity contribution in [2.45, 2.75) is 24.7 Å². The van der Waals surface area contributed by atoms with Crippen LogP contribution < -0.4 is 10.9 Å². The lowest BCUT2D eigenvalue weighted by atomic mass is 10.2. The molecule has 1 heterocycles. The van der Waals surface area contributed by atoms with Crippen molar-refractivity contribution >= 4 is 40.2 Å². The number of carbonyl (C=O) groups excluding carboxylic acids is 1. The first-order chi connectivity index (χ1) is 13.6.